The van der Waals surface area contributed by atoms with Gasteiger partial charge in [-0.3, -0.25) is 4.90 Å². The Hall–Kier alpha value is -3.47. The van der Waals surface area contributed by atoms with E-state index in [9.17, 15) is 9.59 Å². The Balaban J connectivity index is 2.00. The van der Waals surface area contributed by atoms with Crippen LogP contribution in [0, 0.1) is 11.3 Å². The van der Waals surface area contributed by atoms with Crippen LogP contribution < -0.4 is 10.6 Å². The fourth-order valence-electron chi connectivity index (χ4n) is 2.80. The number of carbonyl (C=O) groups excluding carboxylic acids is 2. The summed E-state index contributed by atoms with van der Waals surface area (Å²) in [7, 11) is 3.01. The number of methoxy groups -OCH3 is 1. The van der Waals surface area contributed by atoms with Crippen LogP contribution in [0.5, 0.6) is 0 Å². The number of anilines is 2. The fourth-order valence-corrected chi connectivity index (χ4v) is 2.80. The topological polar surface area (TPSA) is 105 Å². The van der Waals surface area contributed by atoms with E-state index in [0.29, 0.717) is 18.8 Å². The normalized spacial score (nSPS) is 13.9. The molecule has 2 aromatic rings. The highest BCUT2D eigenvalue weighted by atomic mass is 16.5. The molecule has 1 aliphatic heterocycles. The van der Waals surface area contributed by atoms with Gasteiger partial charge in [0.1, 0.15) is 6.07 Å². The number of aromatic nitrogens is 1. The number of hydrogen-bond donors (Lipinski definition) is 1. The lowest BCUT2D eigenvalue weighted by molar-refractivity contribution is 0.0593. The second-order valence-corrected chi connectivity index (χ2v) is 5.65. The molecule has 2 amide bonds. The summed E-state index contributed by atoms with van der Waals surface area (Å²) in [4.78, 5) is 27.4. The molecule has 0 spiro atoms. The second kappa shape index (κ2) is 6.20. The Morgan fingerprint density at radius 1 is 1.24 bits per heavy atom. The van der Waals surface area contributed by atoms with Gasteiger partial charge >= 0.3 is 12.0 Å². The number of urea groups is 1. The minimum absolute atomic E-state index is 0.0556. The number of nitrogens with two attached hydrogens (primary N) is 1. The number of nitrogen functional groups attached to an aromatic ring is 1. The molecular formula is C17H17N5O3. The third kappa shape index (κ3) is 2.65. The maximum Gasteiger partial charge on any atom is 0.357 e. The van der Waals surface area contributed by atoms with Crippen molar-refractivity contribution in [3.8, 4) is 11.8 Å². The maximum atomic E-state index is 12.1. The lowest BCUT2D eigenvalue weighted by Gasteiger charge is -2.17. The first-order valence-electron chi connectivity index (χ1n) is 7.60. The van der Waals surface area contributed by atoms with Crippen molar-refractivity contribution in [2.75, 3.05) is 37.9 Å². The number of nitriles is 1. The number of carbonyl (C=O) groups is 2. The van der Waals surface area contributed by atoms with E-state index in [-0.39, 0.29) is 23.0 Å². The van der Waals surface area contributed by atoms with Gasteiger partial charge in [-0.25, -0.2) is 9.59 Å². The molecule has 0 unspecified atom stereocenters. The van der Waals surface area contributed by atoms with Crippen molar-refractivity contribution in [1.29, 1.82) is 5.26 Å². The highest BCUT2D eigenvalue weighted by Crippen LogP contribution is 2.27. The van der Waals surface area contributed by atoms with Crippen LogP contribution in [-0.2, 0) is 4.74 Å². The average molecular weight is 339 g/mol. The molecule has 0 bridgehead atoms. The largest absolute Gasteiger partial charge is 0.464 e. The number of hydrogen-bond acceptors (Lipinski definition) is 5. The van der Waals surface area contributed by atoms with Gasteiger partial charge in [0.2, 0.25) is 0 Å². The summed E-state index contributed by atoms with van der Waals surface area (Å²) in [5, 5.41) is 9.16. The van der Waals surface area contributed by atoms with Gasteiger partial charge in [0, 0.05) is 37.7 Å². The van der Waals surface area contributed by atoms with Gasteiger partial charge < -0.3 is 19.9 Å². The smallest absolute Gasteiger partial charge is 0.357 e. The van der Waals surface area contributed by atoms with Crippen molar-refractivity contribution in [3.63, 3.8) is 0 Å². The van der Waals surface area contributed by atoms with Crippen LogP contribution in [0.1, 0.15) is 16.1 Å². The molecule has 25 heavy (non-hydrogen) atoms. The van der Waals surface area contributed by atoms with Crippen molar-refractivity contribution >= 4 is 23.4 Å². The van der Waals surface area contributed by atoms with Crippen LogP contribution in [0.15, 0.2) is 30.5 Å². The summed E-state index contributed by atoms with van der Waals surface area (Å²) >= 11 is 0. The summed E-state index contributed by atoms with van der Waals surface area (Å²) in [5.74, 6) is -0.626. The molecule has 1 aliphatic rings. The Bertz CT molecular complexity index is 879. The molecule has 1 saturated heterocycles. The van der Waals surface area contributed by atoms with Crippen LogP contribution in [0.4, 0.5) is 16.2 Å². The average Bonchev–Trinajstić information content (AvgIpc) is 3.14. The first kappa shape index (κ1) is 16.4. The van der Waals surface area contributed by atoms with E-state index in [1.165, 1.54) is 17.9 Å². The summed E-state index contributed by atoms with van der Waals surface area (Å²) in [6, 6.07) is 8.99. The minimum atomic E-state index is -0.626. The molecule has 0 atom stereocenters. The van der Waals surface area contributed by atoms with Crippen molar-refractivity contribution in [2.24, 2.45) is 0 Å². The van der Waals surface area contributed by atoms with Gasteiger partial charge in [-0.2, -0.15) is 5.26 Å². The standard InChI is InChI=1S/C17H17N5O3/c1-20-7-8-21(17(20)24)12-3-5-13(6-4-12)22-10-11(9-18)14(19)15(22)16(23)25-2/h3-6,10H,7-8,19H2,1-2H3. The van der Waals surface area contributed by atoms with Crippen molar-refractivity contribution in [2.45, 2.75) is 0 Å². The molecule has 3 rings (SSSR count). The fraction of sp³-hybridized carbons (Fsp3) is 0.235. The number of ether oxygens (including phenoxy) is 1. The van der Waals surface area contributed by atoms with Crippen LogP contribution in [0.25, 0.3) is 5.69 Å². The summed E-state index contributed by atoms with van der Waals surface area (Å²) < 4.78 is 6.28. The zero-order valence-electron chi connectivity index (χ0n) is 13.9. The van der Waals surface area contributed by atoms with E-state index >= 15 is 0 Å². The maximum absolute atomic E-state index is 12.1. The van der Waals surface area contributed by atoms with Crippen LogP contribution >= 0.6 is 0 Å². The first-order chi connectivity index (χ1) is 12.0. The number of rotatable bonds is 3. The Morgan fingerprint density at radius 2 is 1.88 bits per heavy atom. The van der Waals surface area contributed by atoms with E-state index in [1.54, 1.807) is 41.1 Å². The molecule has 0 radical (unpaired) electrons. The number of nitrogens with zero attached hydrogens (tertiary/aromatic N) is 4. The van der Waals surface area contributed by atoms with E-state index in [2.05, 4.69) is 0 Å². The zero-order valence-corrected chi connectivity index (χ0v) is 13.9. The van der Waals surface area contributed by atoms with Crippen molar-refractivity contribution in [3.05, 3.63) is 41.7 Å². The highest BCUT2D eigenvalue weighted by molar-refractivity contribution is 5.96. The lowest BCUT2D eigenvalue weighted by atomic mass is 10.2. The Morgan fingerprint density at radius 3 is 2.40 bits per heavy atom. The zero-order chi connectivity index (χ0) is 18.1. The molecule has 2 N–H and O–H groups in total. The summed E-state index contributed by atoms with van der Waals surface area (Å²) in [6.07, 6.45) is 1.49. The van der Waals surface area contributed by atoms with Gasteiger partial charge in [0.25, 0.3) is 0 Å². The van der Waals surface area contributed by atoms with Crippen molar-refractivity contribution in [1.82, 2.24) is 9.47 Å². The third-order valence-corrected chi connectivity index (χ3v) is 4.20. The number of amides is 2. The second-order valence-electron chi connectivity index (χ2n) is 5.65. The molecule has 0 aliphatic carbocycles. The van der Waals surface area contributed by atoms with Gasteiger partial charge in [0.15, 0.2) is 5.69 Å². The summed E-state index contributed by atoms with van der Waals surface area (Å²) in [5.41, 5.74) is 7.66. The Labute approximate surface area is 144 Å². The minimum Gasteiger partial charge on any atom is -0.464 e. The highest BCUT2D eigenvalue weighted by Gasteiger charge is 2.27. The predicted octanol–water partition coefficient (Wildman–Crippen LogP) is 1.59. The van der Waals surface area contributed by atoms with Crippen molar-refractivity contribution < 1.29 is 14.3 Å². The van der Waals surface area contributed by atoms with Gasteiger partial charge in [-0.15, -0.1) is 0 Å². The number of esters is 1. The molecule has 1 fully saturated rings. The molecule has 0 saturated carbocycles. The molecule has 8 nitrogen and oxygen atoms in total. The summed E-state index contributed by atoms with van der Waals surface area (Å²) in [6.45, 7) is 1.30. The quantitative estimate of drug-likeness (QED) is 0.855. The molecular weight excluding hydrogens is 322 g/mol. The number of benzene rings is 1. The van der Waals surface area contributed by atoms with E-state index in [4.69, 9.17) is 15.7 Å². The molecule has 1 aromatic heterocycles. The van der Waals surface area contributed by atoms with Gasteiger partial charge in [0.05, 0.1) is 18.4 Å². The van der Waals surface area contributed by atoms with E-state index < -0.39 is 5.97 Å². The van der Waals surface area contributed by atoms with Crippen LogP contribution in [0.3, 0.4) is 0 Å². The predicted molar refractivity (Wildman–Crippen MR) is 91.6 cm³/mol. The Kier molecular flexibility index (Phi) is 4.07. The third-order valence-electron chi connectivity index (χ3n) is 4.20. The van der Waals surface area contributed by atoms with Gasteiger partial charge in [-0.05, 0) is 24.3 Å². The van der Waals surface area contributed by atoms with Gasteiger partial charge in [-0.1, -0.05) is 0 Å². The van der Waals surface area contributed by atoms with E-state index in [0.717, 1.165) is 5.69 Å². The van der Waals surface area contributed by atoms with E-state index in [1.807, 2.05) is 6.07 Å². The molecule has 1 aromatic carbocycles. The SMILES string of the molecule is COC(=O)c1c(N)c(C#N)cn1-c1ccc(N2CCN(C)C2=O)cc1. The molecule has 8 heteroatoms. The van der Waals surface area contributed by atoms with Crippen LogP contribution in [0.2, 0.25) is 0 Å². The van der Waals surface area contributed by atoms with Crippen LogP contribution in [-0.4, -0.2) is 48.7 Å². The lowest BCUT2D eigenvalue weighted by Crippen LogP contribution is -2.29. The monoisotopic (exact) mass is 339 g/mol. The first-order valence-corrected chi connectivity index (χ1v) is 7.60. The molecule has 128 valence electrons. The molecule has 2 heterocycles. The number of likely N-dealkylation sites (N-methyl/N-ethyl adjacent to an activating group) is 1.